The Hall–Kier alpha value is -1.89. The normalized spacial score (nSPS) is 12.2. The van der Waals surface area contributed by atoms with Gasteiger partial charge in [0.05, 0.1) is 17.1 Å². The number of halogens is 3. The molecule has 3 nitrogen and oxygen atoms in total. The molecule has 1 aromatic heterocycles. The Kier molecular flexibility index (Phi) is 3.33. The molecular weight excluding hydrogens is 267 g/mol. The quantitative estimate of drug-likeness (QED) is 0.843. The van der Waals surface area contributed by atoms with Crippen LogP contribution in [-0.4, -0.2) is 4.37 Å². The van der Waals surface area contributed by atoms with Crippen LogP contribution in [0.1, 0.15) is 17.0 Å². The molecule has 1 aromatic carbocycles. The monoisotopic (exact) mass is 273 g/mol. The first kappa shape index (κ1) is 12.6. The summed E-state index contributed by atoms with van der Waals surface area (Å²) in [6.45, 7) is 0. The lowest BCUT2D eigenvalue weighted by Crippen LogP contribution is -2.03. The van der Waals surface area contributed by atoms with E-state index in [2.05, 4.69) is 8.79 Å². The van der Waals surface area contributed by atoms with E-state index in [-0.39, 0.29) is 5.89 Å². The first-order valence-corrected chi connectivity index (χ1v) is 5.55. The van der Waals surface area contributed by atoms with Gasteiger partial charge in [-0.3, -0.25) is 0 Å². The summed E-state index contributed by atoms with van der Waals surface area (Å²) in [5, 5.41) is 0. The fourth-order valence-corrected chi connectivity index (χ4v) is 1.61. The van der Waals surface area contributed by atoms with Gasteiger partial charge < -0.3 is 4.42 Å². The lowest BCUT2D eigenvalue weighted by atomic mass is 10.1. The summed E-state index contributed by atoms with van der Waals surface area (Å²) >= 11 is 0.673. The first-order chi connectivity index (χ1) is 8.45. The van der Waals surface area contributed by atoms with Crippen LogP contribution in [0.2, 0.25) is 0 Å². The van der Waals surface area contributed by atoms with Crippen LogP contribution in [-0.2, 0) is 6.18 Å². The van der Waals surface area contributed by atoms with Gasteiger partial charge in [0.2, 0.25) is 5.89 Å². The summed E-state index contributed by atoms with van der Waals surface area (Å²) < 4.78 is 45.2. The van der Waals surface area contributed by atoms with Crippen molar-refractivity contribution in [3.05, 3.63) is 51.0 Å². The fraction of sp³-hybridized carbons (Fsp3) is 0.0909. The molecule has 0 unspecified atom stereocenters. The number of hydrogen-bond donors (Lipinski definition) is 0. The molecule has 0 radical (unpaired) electrons. The number of alkyl halides is 3. The van der Waals surface area contributed by atoms with Crippen molar-refractivity contribution in [3.8, 4) is 0 Å². The van der Waals surface area contributed by atoms with Crippen LogP contribution in [0, 0.1) is 0 Å². The average Bonchev–Trinajstić information content (AvgIpc) is 2.72. The maximum Gasteiger partial charge on any atom is 0.416 e. The molecule has 0 aliphatic heterocycles. The van der Waals surface area contributed by atoms with Gasteiger partial charge in [0.25, 0.3) is 0 Å². The second kappa shape index (κ2) is 4.77. The van der Waals surface area contributed by atoms with Gasteiger partial charge in [0, 0.05) is 6.08 Å². The Morgan fingerprint density at radius 1 is 1.17 bits per heavy atom. The zero-order chi connectivity index (χ0) is 13.2. The third kappa shape index (κ3) is 3.07. The van der Waals surface area contributed by atoms with Crippen LogP contribution < -0.4 is 4.94 Å². The second-order valence-corrected chi connectivity index (χ2v) is 4.02. The number of rotatable bonds is 2. The molecule has 2 aromatic rings. The SMILES string of the molecule is O=c1oc(/C=C/c2ccc(C(F)(F)F)cc2)ns1. The molecule has 0 saturated heterocycles. The zero-order valence-corrected chi connectivity index (χ0v) is 9.59. The Morgan fingerprint density at radius 3 is 2.33 bits per heavy atom. The predicted molar refractivity (Wildman–Crippen MR) is 61.0 cm³/mol. The number of nitrogens with zero attached hydrogens (tertiary/aromatic N) is 1. The van der Waals surface area contributed by atoms with Gasteiger partial charge in [0.1, 0.15) is 0 Å². The molecule has 2 rings (SSSR count). The summed E-state index contributed by atoms with van der Waals surface area (Å²) in [7, 11) is 0. The topological polar surface area (TPSA) is 43.1 Å². The Morgan fingerprint density at radius 2 is 1.83 bits per heavy atom. The Bertz CT molecular complexity index is 610. The number of aromatic nitrogens is 1. The van der Waals surface area contributed by atoms with Crippen molar-refractivity contribution in [3.63, 3.8) is 0 Å². The summed E-state index contributed by atoms with van der Waals surface area (Å²) in [5.74, 6) is 0.130. The van der Waals surface area contributed by atoms with Crippen LogP contribution in [0.5, 0.6) is 0 Å². The maximum atomic E-state index is 12.3. The molecule has 7 heteroatoms. The van der Waals surface area contributed by atoms with Crippen LogP contribution in [0.25, 0.3) is 12.2 Å². The molecule has 0 atom stereocenters. The van der Waals surface area contributed by atoms with Crippen LogP contribution >= 0.6 is 11.5 Å². The second-order valence-electron chi connectivity index (χ2n) is 3.33. The Balaban J connectivity index is 2.16. The average molecular weight is 273 g/mol. The molecule has 0 fully saturated rings. The molecule has 0 aliphatic carbocycles. The van der Waals surface area contributed by atoms with Gasteiger partial charge in [-0.15, -0.1) is 4.37 Å². The van der Waals surface area contributed by atoms with E-state index in [9.17, 15) is 18.0 Å². The molecule has 0 amide bonds. The molecule has 0 bridgehead atoms. The molecule has 0 saturated carbocycles. The van der Waals surface area contributed by atoms with Crippen LogP contribution in [0.3, 0.4) is 0 Å². The molecular formula is C11H6F3NO2S. The molecule has 18 heavy (non-hydrogen) atoms. The van der Waals surface area contributed by atoms with Gasteiger partial charge >= 0.3 is 11.1 Å². The maximum absolute atomic E-state index is 12.3. The highest BCUT2D eigenvalue weighted by Crippen LogP contribution is 2.29. The fourth-order valence-electron chi connectivity index (χ4n) is 1.22. The minimum atomic E-state index is -4.34. The van der Waals surface area contributed by atoms with Gasteiger partial charge in [-0.25, -0.2) is 4.79 Å². The highest BCUT2D eigenvalue weighted by molar-refractivity contribution is 7.02. The third-order valence-electron chi connectivity index (χ3n) is 2.05. The van der Waals surface area contributed by atoms with Gasteiger partial charge in [-0.05, 0) is 23.8 Å². The van der Waals surface area contributed by atoms with E-state index in [0.29, 0.717) is 17.1 Å². The van der Waals surface area contributed by atoms with E-state index in [0.717, 1.165) is 12.1 Å². The van der Waals surface area contributed by atoms with E-state index in [1.165, 1.54) is 24.3 Å². The van der Waals surface area contributed by atoms with E-state index in [1.807, 2.05) is 0 Å². The van der Waals surface area contributed by atoms with Crippen LogP contribution in [0.15, 0.2) is 33.5 Å². The largest absolute Gasteiger partial charge is 0.416 e. The highest BCUT2D eigenvalue weighted by Gasteiger charge is 2.29. The van der Waals surface area contributed by atoms with Crippen molar-refractivity contribution in [2.24, 2.45) is 0 Å². The van der Waals surface area contributed by atoms with Crippen molar-refractivity contribution < 1.29 is 17.6 Å². The van der Waals surface area contributed by atoms with Crippen molar-refractivity contribution >= 4 is 23.7 Å². The highest BCUT2D eigenvalue weighted by atomic mass is 32.1. The van der Waals surface area contributed by atoms with Crippen molar-refractivity contribution in [1.29, 1.82) is 0 Å². The van der Waals surface area contributed by atoms with Crippen molar-refractivity contribution in [2.45, 2.75) is 6.18 Å². The number of benzene rings is 1. The molecule has 94 valence electrons. The summed E-state index contributed by atoms with van der Waals surface area (Å²) in [6, 6.07) is 4.61. The predicted octanol–water partition coefficient (Wildman–Crippen LogP) is 3.29. The smallest absolute Gasteiger partial charge is 0.395 e. The van der Waals surface area contributed by atoms with E-state index < -0.39 is 16.7 Å². The van der Waals surface area contributed by atoms with E-state index in [4.69, 9.17) is 0 Å². The Labute approximate surface area is 103 Å². The molecule has 0 aliphatic rings. The third-order valence-corrected chi connectivity index (χ3v) is 2.56. The lowest BCUT2D eigenvalue weighted by Gasteiger charge is -2.05. The zero-order valence-electron chi connectivity index (χ0n) is 8.77. The van der Waals surface area contributed by atoms with Gasteiger partial charge in [-0.2, -0.15) is 13.2 Å². The van der Waals surface area contributed by atoms with Crippen molar-refractivity contribution in [2.75, 3.05) is 0 Å². The minimum absolute atomic E-state index is 0.130. The molecule has 1 heterocycles. The first-order valence-electron chi connectivity index (χ1n) is 4.77. The summed E-state index contributed by atoms with van der Waals surface area (Å²) in [6.07, 6.45) is -1.41. The minimum Gasteiger partial charge on any atom is -0.395 e. The number of hydrogen-bond acceptors (Lipinski definition) is 4. The molecule has 0 N–H and O–H groups in total. The summed E-state index contributed by atoms with van der Waals surface area (Å²) in [5.41, 5.74) is -0.154. The van der Waals surface area contributed by atoms with E-state index >= 15 is 0 Å². The molecule has 0 spiro atoms. The summed E-state index contributed by atoms with van der Waals surface area (Å²) in [4.78, 5) is 10.2. The lowest BCUT2D eigenvalue weighted by molar-refractivity contribution is -0.137. The van der Waals surface area contributed by atoms with E-state index in [1.54, 1.807) is 0 Å². The van der Waals surface area contributed by atoms with Gasteiger partial charge in [0.15, 0.2) is 0 Å². The van der Waals surface area contributed by atoms with Gasteiger partial charge in [-0.1, -0.05) is 12.1 Å². The standard InChI is InChI=1S/C11H6F3NO2S/c12-11(13,14)8-4-1-7(2-5-8)3-6-9-15-18-10(16)17-9/h1-6H/b6-3+. The van der Waals surface area contributed by atoms with Crippen molar-refractivity contribution in [1.82, 2.24) is 4.37 Å². The van der Waals surface area contributed by atoms with Crippen LogP contribution in [0.4, 0.5) is 13.2 Å².